The molecule has 3 amide bonds. The standard InChI is InChI=1S/C47H44N12O6/c1-56(2)44(62)28-19-58(20-28)30-10-13-33-36(16-30)65-37-17-31(59-21-29(22-59)45(63)57(3)4)11-14-34(37)47(33)35-15-27(9-12-32(35)39(60)40(47)55-49)42(61)50-18-25-5-7-26(8-6-25)23-64-43-38-41(52-24-51-38)53-46(48)54-43/h5-17,24,28-29H,18-23H2,1-4H3,(H,50,61)(H3,48,51,52,53,54). The Kier molecular flexibility index (Phi) is 9.82. The number of H-pyrrole nitrogens is 1. The topological polar surface area (TPSA) is 229 Å². The van der Waals surface area contributed by atoms with Gasteiger partial charge in [0.05, 0.1) is 18.2 Å². The number of amides is 3. The van der Waals surface area contributed by atoms with Gasteiger partial charge < -0.3 is 50.6 Å². The number of nitrogens with one attached hydrogen (secondary N) is 2. The van der Waals surface area contributed by atoms with E-state index in [1.165, 1.54) is 6.33 Å². The lowest BCUT2D eigenvalue weighted by Gasteiger charge is -2.43. The first-order valence-electron chi connectivity index (χ1n) is 21.1. The highest BCUT2D eigenvalue weighted by Crippen LogP contribution is 2.57. The number of rotatable bonds is 10. The maximum absolute atomic E-state index is 14.4. The third-order valence-electron chi connectivity index (χ3n) is 12.8. The molecule has 6 aromatic rings. The highest BCUT2D eigenvalue weighted by Gasteiger charge is 2.62. The molecule has 4 aromatic carbocycles. The molecule has 0 bridgehead atoms. The maximum atomic E-state index is 14.4. The molecule has 18 nitrogen and oxygen atoms in total. The first kappa shape index (κ1) is 40.9. The zero-order chi connectivity index (χ0) is 45.3. The molecule has 65 heavy (non-hydrogen) atoms. The van der Waals surface area contributed by atoms with Crippen molar-refractivity contribution in [2.45, 2.75) is 18.6 Å². The van der Waals surface area contributed by atoms with E-state index in [-0.39, 0.29) is 65.8 Å². The second-order valence-electron chi connectivity index (χ2n) is 17.2. The number of aromatic nitrogens is 4. The predicted octanol–water partition coefficient (Wildman–Crippen LogP) is 3.80. The van der Waals surface area contributed by atoms with E-state index in [4.69, 9.17) is 15.2 Å². The lowest BCUT2D eigenvalue weighted by atomic mass is 9.67. The molecule has 5 heterocycles. The maximum Gasteiger partial charge on any atom is 0.358 e. The quantitative estimate of drug-likeness (QED) is 0.132. The number of Topliss-reactive ketones (excluding diaryl/α,β-unsaturated/α-hetero) is 1. The molecule has 2 saturated heterocycles. The van der Waals surface area contributed by atoms with Crippen LogP contribution in [0.2, 0.25) is 0 Å². The molecule has 0 atom stereocenters. The largest absolute Gasteiger partial charge is 0.471 e. The number of fused-ring (bicyclic) bond motifs is 7. The minimum absolute atomic E-state index is 0.0523. The van der Waals surface area contributed by atoms with Crippen molar-refractivity contribution in [2.24, 2.45) is 11.8 Å². The molecule has 3 aliphatic heterocycles. The van der Waals surface area contributed by atoms with Gasteiger partial charge in [0, 0.05) is 107 Å². The summed E-state index contributed by atoms with van der Waals surface area (Å²) >= 11 is 0. The number of carbonyl (C=O) groups is 4. The van der Waals surface area contributed by atoms with Crippen molar-refractivity contribution >= 4 is 57.7 Å². The molecule has 4 aliphatic rings. The van der Waals surface area contributed by atoms with Crippen LogP contribution in [0, 0.1) is 11.8 Å². The Labute approximate surface area is 372 Å². The SMILES string of the molecule is CN(C)C(=O)C1CN(c2ccc3c(c2)Oc2cc(N4CC(C(=O)N(C)C)C4)ccc2C32C(=[N+]=[N-])C(=O)c3ccc(C(=O)NCc4ccc(COc5nc(N)nc6nc[nH]c56)cc4)cc32)C1. The average molecular weight is 873 g/mol. The van der Waals surface area contributed by atoms with Gasteiger partial charge in [-0.25, -0.2) is 4.98 Å². The molecule has 18 heteroatoms. The lowest BCUT2D eigenvalue weighted by Crippen LogP contribution is -2.53. The molecule has 0 saturated carbocycles. The van der Waals surface area contributed by atoms with Gasteiger partial charge in [-0.1, -0.05) is 36.4 Å². The van der Waals surface area contributed by atoms with Crippen molar-refractivity contribution in [1.82, 2.24) is 35.1 Å². The number of nitrogens with two attached hydrogens (primary N) is 1. The van der Waals surface area contributed by atoms with Crippen molar-refractivity contribution < 1.29 is 33.4 Å². The number of carbonyl (C=O) groups excluding carboxylic acids is 4. The smallest absolute Gasteiger partial charge is 0.358 e. The first-order chi connectivity index (χ1) is 31.3. The number of ketones is 1. The number of nitrogen functional groups attached to an aromatic ring is 1. The molecule has 328 valence electrons. The summed E-state index contributed by atoms with van der Waals surface area (Å²) in [6, 6.07) is 23.8. The average Bonchev–Trinajstić information content (AvgIpc) is 3.83. The van der Waals surface area contributed by atoms with Crippen molar-refractivity contribution in [1.29, 1.82) is 0 Å². The van der Waals surface area contributed by atoms with E-state index in [0.717, 1.165) is 22.5 Å². The van der Waals surface area contributed by atoms with Crippen LogP contribution in [0.3, 0.4) is 0 Å². The Balaban J connectivity index is 0.950. The normalized spacial score (nSPS) is 15.9. The third-order valence-corrected chi connectivity index (χ3v) is 12.8. The number of nitrogens with zero attached hydrogens (tertiary/aromatic N) is 9. The van der Waals surface area contributed by atoms with Gasteiger partial charge >= 0.3 is 5.71 Å². The molecule has 1 aliphatic carbocycles. The highest BCUT2D eigenvalue weighted by molar-refractivity contribution is 6.52. The van der Waals surface area contributed by atoms with Gasteiger partial charge in [-0.2, -0.15) is 14.8 Å². The van der Waals surface area contributed by atoms with Gasteiger partial charge in [0.15, 0.2) is 11.1 Å². The summed E-state index contributed by atoms with van der Waals surface area (Å²) in [6.07, 6.45) is 1.49. The van der Waals surface area contributed by atoms with Crippen LogP contribution in [0.1, 0.15) is 48.5 Å². The van der Waals surface area contributed by atoms with Crippen LogP contribution in [-0.2, 0) is 28.2 Å². The molecule has 2 fully saturated rings. The summed E-state index contributed by atoms with van der Waals surface area (Å²) in [6.45, 7) is 2.53. The number of hydrogen-bond acceptors (Lipinski definition) is 12. The molecule has 4 N–H and O–H groups in total. The van der Waals surface area contributed by atoms with E-state index in [9.17, 15) is 24.7 Å². The van der Waals surface area contributed by atoms with Gasteiger partial charge in [-0.3, -0.25) is 19.2 Å². The van der Waals surface area contributed by atoms with Crippen LogP contribution in [0.4, 0.5) is 17.3 Å². The van der Waals surface area contributed by atoms with E-state index in [1.807, 2.05) is 60.7 Å². The van der Waals surface area contributed by atoms with E-state index in [0.29, 0.717) is 71.1 Å². The van der Waals surface area contributed by atoms with E-state index in [2.05, 4.69) is 39.8 Å². The Morgan fingerprint density at radius 1 is 0.846 bits per heavy atom. The third kappa shape index (κ3) is 6.77. The molecule has 10 rings (SSSR count). The molecule has 0 unspecified atom stereocenters. The fourth-order valence-electron chi connectivity index (χ4n) is 9.29. The molecule has 0 radical (unpaired) electrons. The minimum atomic E-state index is -1.47. The number of anilines is 3. The van der Waals surface area contributed by atoms with E-state index >= 15 is 0 Å². The molecular weight excluding hydrogens is 829 g/mol. The summed E-state index contributed by atoms with van der Waals surface area (Å²) in [5.41, 5.74) is 21.5. The highest BCUT2D eigenvalue weighted by atomic mass is 16.5. The van der Waals surface area contributed by atoms with Crippen LogP contribution in [0.25, 0.3) is 16.7 Å². The Morgan fingerprint density at radius 3 is 2.03 bits per heavy atom. The predicted molar refractivity (Wildman–Crippen MR) is 239 cm³/mol. The van der Waals surface area contributed by atoms with Gasteiger partial charge in [0.1, 0.15) is 23.6 Å². The fourth-order valence-corrected chi connectivity index (χ4v) is 9.29. The number of hydrogen-bond donors (Lipinski definition) is 3. The van der Waals surface area contributed by atoms with Gasteiger partial charge in [0.2, 0.25) is 23.6 Å². The Morgan fingerprint density at radius 2 is 1.45 bits per heavy atom. The summed E-state index contributed by atoms with van der Waals surface area (Å²) in [5.74, 6) is 0.181. The summed E-state index contributed by atoms with van der Waals surface area (Å²) in [7, 11) is 6.98. The van der Waals surface area contributed by atoms with E-state index < -0.39 is 11.2 Å². The minimum Gasteiger partial charge on any atom is -0.471 e. The van der Waals surface area contributed by atoms with Crippen LogP contribution in [0.5, 0.6) is 17.4 Å². The number of imidazole rings is 1. The second-order valence-corrected chi connectivity index (χ2v) is 17.2. The monoisotopic (exact) mass is 872 g/mol. The number of benzene rings is 4. The second kappa shape index (κ2) is 15.6. The van der Waals surface area contributed by atoms with Crippen molar-refractivity contribution in [3.8, 4) is 17.4 Å². The van der Waals surface area contributed by atoms with E-state index in [1.54, 1.807) is 56.2 Å². The molecule has 1 spiro atoms. The van der Waals surface area contributed by atoms with Crippen molar-refractivity contribution in [3.63, 3.8) is 0 Å². The molecular formula is C47H44N12O6. The Hall–Kier alpha value is -8.11. The van der Waals surface area contributed by atoms with Crippen molar-refractivity contribution in [2.75, 3.05) is 69.9 Å². The summed E-state index contributed by atoms with van der Waals surface area (Å²) in [4.78, 5) is 80.2. The lowest BCUT2D eigenvalue weighted by molar-refractivity contribution is -0.134. The zero-order valence-electron chi connectivity index (χ0n) is 36.0. The van der Waals surface area contributed by atoms with Crippen LogP contribution >= 0.6 is 0 Å². The van der Waals surface area contributed by atoms with Crippen LogP contribution in [0.15, 0.2) is 85.2 Å². The number of ether oxygens (including phenoxy) is 2. The van der Waals surface area contributed by atoms with Gasteiger partial charge in [0.25, 0.3) is 11.7 Å². The fraction of sp³-hybridized carbons (Fsp3) is 0.277. The summed E-state index contributed by atoms with van der Waals surface area (Å²) in [5, 5.41) is 3.01. The van der Waals surface area contributed by atoms with Crippen LogP contribution in [-0.4, -0.2) is 118 Å². The zero-order valence-corrected chi connectivity index (χ0v) is 36.0. The first-order valence-corrected chi connectivity index (χ1v) is 21.1. The van der Waals surface area contributed by atoms with Crippen molar-refractivity contribution in [3.05, 3.63) is 130 Å². The van der Waals surface area contributed by atoms with Crippen LogP contribution < -0.4 is 30.3 Å². The van der Waals surface area contributed by atoms with Gasteiger partial charge in [-0.15, -0.1) is 0 Å². The Bertz CT molecular complexity index is 2930. The molecule has 2 aromatic heterocycles. The number of aromatic amines is 1. The van der Waals surface area contributed by atoms with Gasteiger partial charge in [-0.05, 0) is 47.0 Å². The summed E-state index contributed by atoms with van der Waals surface area (Å²) < 4.78 is 12.6.